The third kappa shape index (κ3) is 2.62. The van der Waals surface area contributed by atoms with Crippen LogP contribution in [0.25, 0.3) is 0 Å². The van der Waals surface area contributed by atoms with Gasteiger partial charge < -0.3 is 14.4 Å². The van der Waals surface area contributed by atoms with Gasteiger partial charge in [0.1, 0.15) is 5.41 Å². The number of halogens is 1. The Morgan fingerprint density at radius 2 is 2.17 bits per heavy atom. The van der Waals surface area contributed by atoms with E-state index in [-0.39, 0.29) is 11.9 Å². The first-order valence-corrected chi connectivity index (χ1v) is 8.31. The van der Waals surface area contributed by atoms with Crippen LogP contribution in [-0.4, -0.2) is 42.4 Å². The predicted octanol–water partition coefficient (Wildman–Crippen LogP) is 2.49. The minimum Gasteiger partial charge on any atom is -0.468 e. The van der Waals surface area contributed by atoms with Crippen molar-refractivity contribution in [2.75, 3.05) is 19.6 Å². The molecule has 3 rings (SSSR count). The molecular weight excluding hydrogens is 318 g/mol. The Bertz CT molecular complexity index is 594. The lowest BCUT2D eigenvalue weighted by molar-refractivity contribution is -0.162. The molecule has 2 saturated heterocycles. The number of carbonyl (C=O) groups is 2. The molecule has 0 spiro atoms. The highest BCUT2D eigenvalue weighted by atomic mass is 35.5. The Balaban J connectivity index is 1.91. The molecule has 3 unspecified atom stereocenters. The second-order valence-electron chi connectivity index (χ2n) is 6.03. The van der Waals surface area contributed by atoms with Crippen molar-refractivity contribution >= 4 is 23.5 Å². The summed E-state index contributed by atoms with van der Waals surface area (Å²) >= 11 is 5.78. The van der Waals surface area contributed by atoms with Crippen molar-refractivity contribution in [3.63, 3.8) is 0 Å². The molecule has 6 heteroatoms. The molecule has 124 valence electrons. The van der Waals surface area contributed by atoms with Gasteiger partial charge in [-0.2, -0.15) is 0 Å². The highest BCUT2D eigenvalue weighted by Gasteiger charge is 2.60. The van der Waals surface area contributed by atoms with E-state index in [0.29, 0.717) is 31.7 Å². The third-order valence-corrected chi connectivity index (χ3v) is 4.99. The molecule has 5 nitrogen and oxygen atoms in total. The normalized spacial score (nSPS) is 29.7. The number of hydrogen-bond donors (Lipinski definition) is 0. The molecule has 0 radical (unpaired) electrons. The van der Waals surface area contributed by atoms with Crippen LogP contribution in [0.5, 0.6) is 0 Å². The van der Waals surface area contributed by atoms with Gasteiger partial charge in [-0.3, -0.25) is 9.59 Å². The first kappa shape index (κ1) is 16.3. The number of esters is 1. The third-order valence-electron chi connectivity index (χ3n) is 4.72. The lowest BCUT2D eigenvalue weighted by Gasteiger charge is -2.27. The summed E-state index contributed by atoms with van der Waals surface area (Å²) < 4.78 is 10.8. The van der Waals surface area contributed by atoms with E-state index in [0.717, 1.165) is 5.56 Å². The maximum Gasteiger partial charge on any atom is 0.321 e. The van der Waals surface area contributed by atoms with Gasteiger partial charge in [-0.25, -0.2) is 0 Å². The van der Waals surface area contributed by atoms with E-state index in [9.17, 15) is 9.59 Å². The monoisotopic (exact) mass is 337 g/mol. The molecular formula is C17H20ClNO4. The van der Waals surface area contributed by atoms with Crippen molar-refractivity contribution in [1.29, 1.82) is 0 Å². The summed E-state index contributed by atoms with van der Waals surface area (Å²) in [7, 11) is 1.33. The Morgan fingerprint density at radius 3 is 2.83 bits per heavy atom. The van der Waals surface area contributed by atoms with Crippen molar-refractivity contribution < 1.29 is 19.1 Å². The zero-order valence-electron chi connectivity index (χ0n) is 13.0. The number of methoxy groups -OCH3 is 1. The highest BCUT2D eigenvalue weighted by molar-refractivity contribution is 6.17. The van der Waals surface area contributed by atoms with Gasteiger partial charge in [0.2, 0.25) is 5.91 Å². The average molecular weight is 338 g/mol. The minimum atomic E-state index is -1.12. The van der Waals surface area contributed by atoms with Crippen molar-refractivity contribution in [1.82, 2.24) is 4.90 Å². The fraction of sp³-hybridized carbons (Fsp3) is 0.529. The SMILES string of the molecule is COC(=O)C1(CCCCl)CC2COC(c3ccccc3)N2C1=O. The summed E-state index contributed by atoms with van der Waals surface area (Å²) in [6, 6.07) is 9.50. The number of rotatable bonds is 5. The zero-order chi connectivity index (χ0) is 16.4. The summed E-state index contributed by atoms with van der Waals surface area (Å²) in [6.07, 6.45) is 1.01. The van der Waals surface area contributed by atoms with Crippen LogP contribution in [0.4, 0.5) is 0 Å². The number of nitrogens with zero attached hydrogens (tertiary/aromatic N) is 1. The topological polar surface area (TPSA) is 55.8 Å². The lowest BCUT2D eigenvalue weighted by Crippen LogP contribution is -2.42. The number of carbonyl (C=O) groups excluding carboxylic acids is 2. The molecule has 1 aromatic rings. The molecule has 0 aliphatic carbocycles. The second kappa shape index (κ2) is 6.49. The second-order valence-corrected chi connectivity index (χ2v) is 6.41. The summed E-state index contributed by atoms with van der Waals surface area (Å²) in [6.45, 7) is 0.435. The lowest BCUT2D eigenvalue weighted by atomic mass is 9.80. The number of alkyl halides is 1. The molecule has 23 heavy (non-hydrogen) atoms. The summed E-state index contributed by atoms with van der Waals surface area (Å²) in [5, 5.41) is 0. The van der Waals surface area contributed by atoms with Gasteiger partial charge in [-0.1, -0.05) is 30.3 Å². The van der Waals surface area contributed by atoms with Gasteiger partial charge in [0.05, 0.1) is 19.8 Å². The van der Waals surface area contributed by atoms with Gasteiger partial charge in [0.15, 0.2) is 6.23 Å². The molecule has 1 amide bonds. The molecule has 1 aromatic carbocycles. The van der Waals surface area contributed by atoms with E-state index in [1.165, 1.54) is 7.11 Å². The summed E-state index contributed by atoms with van der Waals surface area (Å²) in [5.41, 5.74) is -0.202. The van der Waals surface area contributed by atoms with Gasteiger partial charge in [-0.15, -0.1) is 11.6 Å². The molecule has 2 aliphatic heterocycles. The predicted molar refractivity (Wildman–Crippen MR) is 84.8 cm³/mol. The van der Waals surface area contributed by atoms with E-state index in [1.54, 1.807) is 4.90 Å². The van der Waals surface area contributed by atoms with Crippen LogP contribution < -0.4 is 0 Å². The quantitative estimate of drug-likeness (QED) is 0.470. The molecule has 0 aromatic heterocycles. The molecule has 0 bridgehead atoms. The first-order chi connectivity index (χ1) is 11.1. The number of benzene rings is 1. The fourth-order valence-electron chi connectivity index (χ4n) is 3.64. The molecule has 2 heterocycles. The number of ether oxygens (including phenoxy) is 2. The highest BCUT2D eigenvalue weighted by Crippen LogP contribution is 2.48. The largest absolute Gasteiger partial charge is 0.468 e. The van der Waals surface area contributed by atoms with Crippen LogP contribution in [0.15, 0.2) is 30.3 Å². The van der Waals surface area contributed by atoms with Crippen LogP contribution in [0, 0.1) is 5.41 Å². The molecule has 3 atom stereocenters. The zero-order valence-corrected chi connectivity index (χ0v) is 13.8. The molecule has 0 saturated carbocycles. The number of fused-ring (bicyclic) bond motifs is 1. The molecule has 0 N–H and O–H groups in total. The smallest absolute Gasteiger partial charge is 0.321 e. The molecule has 2 fully saturated rings. The standard InChI is InChI=1S/C17H20ClNO4/c1-22-16(21)17(8-5-9-18)10-13-11-23-14(19(13)15(17)20)12-6-3-2-4-7-12/h2-4,6-7,13-14H,5,8-11H2,1H3. The van der Waals surface area contributed by atoms with Crippen molar-refractivity contribution in [3.8, 4) is 0 Å². The molecule has 2 aliphatic rings. The van der Waals surface area contributed by atoms with E-state index >= 15 is 0 Å². The van der Waals surface area contributed by atoms with Crippen LogP contribution in [0.1, 0.15) is 31.1 Å². The van der Waals surface area contributed by atoms with Crippen LogP contribution in [0.3, 0.4) is 0 Å². The van der Waals surface area contributed by atoms with E-state index in [1.807, 2.05) is 30.3 Å². The van der Waals surface area contributed by atoms with Crippen molar-refractivity contribution in [2.24, 2.45) is 5.41 Å². The maximum atomic E-state index is 13.1. The van der Waals surface area contributed by atoms with E-state index < -0.39 is 17.6 Å². The minimum absolute atomic E-state index is 0.0952. The van der Waals surface area contributed by atoms with E-state index in [2.05, 4.69) is 0 Å². The Kier molecular flexibility index (Phi) is 4.60. The Hall–Kier alpha value is -1.59. The van der Waals surface area contributed by atoms with E-state index in [4.69, 9.17) is 21.1 Å². The van der Waals surface area contributed by atoms with Crippen LogP contribution in [0.2, 0.25) is 0 Å². The van der Waals surface area contributed by atoms with Crippen molar-refractivity contribution in [3.05, 3.63) is 35.9 Å². The van der Waals surface area contributed by atoms with Gasteiger partial charge >= 0.3 is 5.97 Å². The maximum absolute atomic E-state index is 13.1. The summed E-state index contributed by atoms with van der Waals surface area (Å²) in [4.78, 5) is 27.2. The van der Waals surface area contributed by atoms with Gasteiger partial charge in [0.25, 0.3) is 0 Å². The van der Waals surface area contributed by atoms with Crippen LogP contribution in [-0.2, 0) is 19.1 Å². The Morgan fingerprint density at radius 1 is 1.43 bits per heavy atom. The number of amides is 1. The average Bonchev–Trinajstić information content (AvgIpc) is 3.12. The van der Waals surface area contributed by atoms with Crippen molar-refractivity contribution in [2.45, 2.75) is 31.5 Å². The van der Waals surface area contributed by atoms with Gasteiger partial charge in [0, 0.05) is 11.4 Å². The first-order valence-electron chi connectivity index (χ1n) is 7.78. The number of hydrogen-bond acceptors (Lipinski definition) is 4. The fourth-order valence-corrected chi connectivity index (χ4v) is 3.77. The Labute approximate surface area is 140 Å². The van der Waals surface area contributed by atoms with Crippen LogP contribution >= 0.6 is 11.6 Å². The van der Waals surface area contributed by atoms with Gasteiger partial charge in [-0.05, 0) is 19.3 Å². The summed E-state index contributed by atoms with van der Waals surface area (Å²) in [5.74, 6) is -0.255.